The Morgan fingerprint density at radius 1 is 1.06 bits per heavy atom. The van der Waals surface area contributed by atoms with Gasteiger partial charge in [0, 0.05) is 31.9 Å². The molecule has 0 aliphatic heterocycles. The number of nitrogens with zero attached hydrogens (tertiary/aromatic N) is 1. The van der Waals surface area contributed by atoms with Gasteiger partial charge in [-0.2, -0.15) is 0 Å². The van der Waals surface area contributed by atoms with E-state index in [0.29, 0.717) is 18.7 Å². The first kappa shape index (κ1) is 27.0. The first-order valence-electron chi connectivity index (χ1n) is 10.7. The van der Waals surface area contributed by atoms with E-state index in [1.165, 1.54) is 0 Å². The van der Waals surface area contributed by atoms with E-state index in [9.17, 15) is 4.79 Å². The van der Waals surface area contributed by atoms with E-state index in [-0.39, 0.29) is 29.9 Å². The quantitative estimate of drug-likeness (QED) is 0.154. The Labute approximate surface area is 202 Å². The maximum absolute atomic E-state index is 12.4. The van der Waals surface area contributed by atoms with E-state index >= 15 is 0 Å². The van der Waals surface area contributed by atoms with E-state index in [0.717, 1.165) is 62.8 Å². The monoisotopic (exact) mass is 542 g/mol. The second-order valence-corrected chi connectivity index (χ2v) is 6.90. The van der Waals surface area contributed by atoms with Crippen LogP contribution >= 0.6 is 24.0 Å². The first-order valence-corrected chi connectivity index (χ1v) is 10.7. The molecule has 1 amide bonds. The molecule has 0 saturated carbocycles. The van der Waals surface area contributed by atoms with Crippen LogP contribution in [0.2, 0.25) is 0 Å². The van der Waals surface area contributed by atoms with Crippen molar-refractivity contribution in [3.05, 3.63) is 59.5 Å². The fourth-order valence-corrected chi connectivity index (χ4v) is 2.74. The number of ether oxygens (including phenoxy) is 1. The summed E-state index contributed by atoms with van der Waals surface area (Å²) in [6.45, 7) is 8.22. The van der Waals surface area contributed by atoms with Crippen LogP contribution in [0.4, 0.5) is 0 Å². The Balaban J connectivity index is 0.00000480. The van der Waals surface area contributed by atoms with Gasteiger partial charge >= 0.3 is 0 Å². The Kier molecular flexibility index (Phi) is 14.4. The highest BCUT2D eigenvalue weighted by molar-refractivity contribution is 14.0. The summed E-state index contributed by atoms with van der Waals surface area (Å²) in [6, 6.07) is 11.1. The van der Waals surface area contributed by atoms with E-state index in [1.807, 2.05) is 31.2 Å². The molecule has 172 valence electrons. The van der Waals surface area contributed by atoms with Gasteiger partial charge in [-0.3, -0.25) is 4.79 Å². The predicted molar refractivity (Wildman–Crippen MR) is 135 cm³/mol. The molecule has 0 radical (unpaired) electrons. The molecule has 3 N–H and O–H groups in total. The van der Waals surface area contributed by atoms with Gasteiger partial charge in [-0.15, -0.1) is 24.0 Å². The third kappa shape index (κ3) is 11.2. The van der Waals surface area contributed by atoms with Crippen molar-refractivity contribution < 1.29 is 13.9 Å². The zero-order chi connectivity index (χ0) is 21.4. The van der Waals surface area contributed by atoms with Crippen molar-refractivity contribution in [2.24, 2.45) is 4.99 Å². The van der Waals surface area contributed by atoms with Crippen molar-refractivity contribution in [1.29, 1.82) is 0 Å². The van der Waals surface area contributed by atoms with E-state index in [2.05, 4.69) is 27.9 Å². The fourth-order valence-electron chi connectivity index (χ4n) is 2.74. The molecule has 2 rings (SSSR count). The van der Waals surface area contributed by atoms with Gasteiger partial charge < -0.3 is 25.1 Å². The number of aliphatic imine (C=N–C) groups is 1. The summed E-state index contributed by atoms with van der Waals surface area (Å²) in [4.78, 5) is 17.0. The van der Waals surface area contributed by atoms with Crippen LogP contribution in [0.5, 0.6) is 0 Å². The zero-order valence-corrected chi connectivity index (χ0v) is 20.8. The summed E-state index contributed by atoms with van der Waals surface area (Å²) < 4.78 is 10.8. The number of nitrogens with one attached hydrogen (secondary N) is 3. The summed E-state index contributed by atoms with van der Waals surface area (Å²) in [7, 11) is 0. The van der Waals surface area contributed by atoms with E-state index < -0.39 is 0 Å². The summed E-state index contributed by atoms with van der Waals surface area (Å²) in [6.07, 6.45) is 4.79. The van der Waals surface area contributed by atoms with Crippen molar-refractivity contribution >= 4 is 35.8 Å². The number of carbonyl (C=O) groups excluding carboxylic acids is 1. The number of hydrogen-bond acceptors (Lipinski definition) is 4. The van der Waals surface area contributed by atoms with Crippen molar-refractivity contribution in [1.82, 2.24) is 16.0 Å². The number of hydrogen-bond donors (Lipinski definition) is 3. The number of halogens is 1. The highest BCUT2D eigenvalue weighted by atomic mass is 127. The Morgan fingerprint density at radius 3 is 2.65 bits per heavy atom. The summed E-state index contributed by atoms with van der Waals surface area (Å²) >= 11 is 0. The normalized spacial score (nSPS) is 11.0. The second kappa shape index (κ2) is 16.6. The van der Waals surface area contributed by atoms with Crippen molar-refractivity contribution in [2.45, 2.75) is 46.2 Å². The molecule has 0 atom stereocenters. The highest BCUT2D eigenvalue weighted by Crippen LogP contribution is 2.08. The maximum atomic E-state index is 12.4. The maximum Gasteiger partial charge on any atom is 0.251 e. The molecule has 8 heteroatoms. The van der Waals surface area contributed by atoms with E-state index in [1.54, 1.807) is 18.4 Å². The standard InChI is InChI=1S/C23H34N4O3.HI/c1-3-5-13-29-14-8-12-25-23(24-4-2)27-17-19-9-6-10-20(16-19)22(28)26-18-21-11-7-15-30-21;/h6-7,9-11,15-16H,3-5,8,12-14,17-18H2,1-2H3,(H,26,28)(H2,24,25,27);1H. The molecule has 1 aromatic heterocycles. The number of furan rings is 1. The Bertz CT molecular complexity index is 766. The number of unbranched alkanes of at least 4 members (excludes halogenated alkanes) is 1. The van der Waals surface area contributed by atoms with Gasteiger partial charge in [0.15, 0.2) is 5.96 Å². The SMILES string of the molecule is CCCCOCCCNC(=NCc1cccc(C(=O)NCc2ccco2)c1)NCC.I. The van der Waals surface area contributed by atoms with Crippen molar-refractivity contribution in [3.8, 4) is 0 Å². The molecule has 1 aromatic carbocycles. The van der Waals surface area contributed by atoms with Gasteiger partial charge in [0.1, 0.15) is 5.76 Å². The van der Waals surface area contributed by atoms with Gasteiger partial charge in [0.25, 0.3) is 5.91 Å². The number of amides is 1. The van der Waals surface area contributed by atoms with Crippen LogP contribution in [-0.2, 0) is 17.8 Å². The summed E-state index contributed by atoms with van der Waals surface area (Å²) in [5.74, 6) is 1.35. The third-order valence-corrected chi connectivity index (χ3v) is 4.36. The minimum atomic E-state index is -0.134. The van der Waals surface area contributed by atoms with Crippen LogP contribution < -0.4 is 16.0 Å². The molecular weight excluding hydrogens is 507 g/mol. The third-order valence-electron chi connectivity index (χ3n) is 4.36. The van der Waals surface area contributed by atoms with Crippen LogP contribution in [0, 0.1) is 0 Å². The Morgan fingerprint density at radius 2 is 1.90 bits per heavy atom. The molecule has 1 heterocycles. The number of carbonyl (C=O) groups is 1. The molecule has 2 aromatic rings. The fraction of sp³-hybridized carbons (Fsp3) is 0.478. The van der Waals surface area contributed by atoms with Crippen molar-refractivity contribution in [3.63, 3.8) is 0 Å². The Hall–Kier alpha value is -2.07. The summed E-state index contributed by atoms with van der Waals surface area (Å²) in [5, 5.41) is 9.43. The average Bonchev–Trinajstić information content (AvgIpc) is 3.29. The van der Waals surface area contributed by atoms with Crippen molar-refractivity contribution in [2.75, 3.05) is 26.3 Å². The van der Waals surface area contributed by atoms with Crippen LogP contribution in [0.1, 0.15) is 54.8 Å². The lowest BCUT2D eigenvalue weighted by Gasteiger charge is -2.11. The number of benzene rings is 1. The minimum absolute atomic E-state index is 0. The highest BCUT2D eigenvalue weighted by Gasteiger charge is 2.07. The van der Waals surface area contributed by atoms with Gasteiger partial charge in [0.2, 0.25) is 0 Å². The van der Waals surface area contributed by atoms with Gasteiger partial charge in [-0.1, -0.05) is 25.5 Å². The van der Waals surface area contributed by atoms with Gasteiger partial charge in [-0.25, -0.2) is 4.99 Å². The summed E-state index contributed by atoms with van der Waals surface area (Å²) in [5.41, 5.74) is 1.58. The lowest BCUT2D eigenvalue weighted by molar-refractivity contribution is 0.0948. The smallest absolute Gasteiger partial charge is 0.251 e. The topological polar surface area (TPSA) is 87.9 Å². The first-order chi connectivity index (χ1) is 14.7. The number of rotatable bonds is 13. The molecule has 31 heavy (non-hydrogen) atoms. The predicted octanol–water partition coefficient (Wildman–Crippen LogP) is 4.09. The van der Waals surface area contributed by atoms with Crippen LogP contribution in [0.3, 0.4) is 0 Å². The second-order valence-electron chi connectivity index (χ2n) is 6.90. The molecule has 0 saturated heterocycles. The zero-order valence-electron chi connectivity index (χ0n) is 18.5. The van der Waals surface area contributed by atoms with Gasteiger partial charge in [0.05, 0.1) is 19.4 Å². The molecule has 0 bridgehead atoms. The lowest BCUT2D eigenvalue weighted by Crippen LogP contribution is -2.38. The van der Waals surface area contributed by atoms with E-state index in [4.69, 9.17) is 9.15 Å². The number of guanidine groups is 1. The molecule has 0 fully saturated rings. The largest absolute Gasteiger partial charge is 0.467 e. The minimum Gasteiger partial charge on any atom is -0.467 e. The van der Waals surface area contributed by atoms with Gasteiger partial charge in [-0.05, 0) is 49.6 Å². The molecule has 0 aliphatic rings. The lowest BCUT2D eigenvalue weighted by atomic mass is 10.1. The van der Waals surface area contributed by atoms with Crippen LogP contribution in [0.25, 0.3) is 0 Å². The molecule has 0 aliphatic carbocycles. The van der Waals surface area contributed by atoms with Crippen LogP contribution in [-0.4, -0.2) is 38.2 Å². The average molecular weight is 542 g/mol. The molecule has 0 unspecified atom stereocenters. The molecule has 7 nitrogen and oxygen atoms in total. The molecular formula is C23H35IN4O3. The van der Waals surface area contributed by atoms with Crippen LogP contribution in [0.15, 0.2) is 52.1 Å². The molecule has 0 spiro atoms.